The van der Waals surface area contributed by atoms with Crippen LogP contribution in [0.2, 0.25) is 0 Å². The van der Waals surface area contributed by atoms with Gasteiger partial charge in [-0.3, -0.25) is 19.3 Å². The maximum absolute atomic E-state index is 12.7. The number of esters is 1. The summed E-state index contributed by atoms with van der Waals surface area (Å²) in [6.07, 6.45) is 4.97. The topological polar surface area (TPSA) is 111 Å². The molecule has 2 aromatic carbocycles. The van der Waals surface area contributed by atoms with E-state index in [1.807, 2.05) is 12.2 Å². The fraction of sp³-hybridized carbons (Fsp3) is 0.280. The number of methoxy groups -OCH3 is 2. The Morgan fingerprint density at radius 3 is 2.18 bits per heavy atom. The molecule has 0 saturated carbocycles. The van der Waals surface area contributed by atoms with Crippen LogP contribution in [0.5, 0.6) is 11.5 Å². The third-order valence-corrected chi connectivity index (χ3v) is 5.89. The summed E-state index contributed by atoms with van der Waals surface area (Å²) in [5.74, 6) is -1.39. The lowest BCUT2D eigenvalue weighted by Gasteiger charge is -2.15. The van der Waals surface area contributed by atoms with E-state index in [-0.39, 0.29) is 29.2 Å². The molecular weight excluding hydrogens is 440 g/mol. The van der Waals surface area contributed by atoms with Gasteiger partial charge in [0.15, 0.2) is 6.61 Å². The van der Waals surface area contributed by atoms with Gasteiger partial charge in [0, 0.05) is 6.07 Å². The molecule has 1 saturated heterocycles. The number of benzene rings is 2. The van der Waals surface area contributed by atoms with Gasteiger partial charge >= 0.3 is 5.97 Å². The van der Waals surface area contributed by atoms with Crippen LogP contribution in [0.3, 0.4) is 0 Å². The van der Waals surface area contributed by atoms with Crippen LogP contribution in [0.1, 0.15) is 23.2 Å². The highest BCUT2D eigenvalue weighted by atomic mass is 16.5. The van der Waals surface area contributed by atoms with Crippen LogP contribution in [0.15, 0.2) is 54.6 Å². The van der Waals surface area contributed by atoms with Crippen molar-refractivity contribution in [3.63, 3.8) is 0 Å². The Bertz CT molecular complexity index is 1130. The van der Waals surface area contributed by atoms with Gasteiger partial charge < -0.3 is 19.5 Å². The van der Waals surface area contributed by atoms with Gasteiger partial charge in [-0.25, -0.2) is 4.79 Å². The van der Waals surface area contributed by atoms with Gasteiger partial charge in [-0.05, 0) is 49.2 Å². The highest BCUT2D eigenvalue weighted by molar-refractivity contribution is 6.22. The molecule has 1 N–H and O–H groups in total. The summed E-state index contributed by atoms with van der Waals surface area (Å²) >= 11 is 0. The van der Waals surface area contributed by atoms with Gasteiger partial charge in [0.2, 0.25) is 11.8 Å². The maximum Gasteiger partial charge on any atom is 0.338 e. The minimum absolute atomic E-state index is 0.191. The summed E-state index contributed by atoms with van der Waals surface area (Å²) in [5, 5.41) is 2.62. The minimum atomic E-state index is -0.708. The number of carbonyl (C=O) groups excluding carboxylic acids is 4. The third kappa shape index (κ3) is 4.50. The zero-order valence-electron chi connectivity index (χ0n) is 18.8. The minimum Gasteiger partial charge on any atom is -0.497 e. The van der Waals surface area contributed by atoms with E-state index in [0.717, 1.165) is 0 Å². The fourth-order valence-corrected chi connectivity index (χ4v) is 4.10. The van der Waals surface area contributed by atoms with Gasteiger partial charge in [-0.1, -0.05) is 12.2 Å². The average Bonchev–Trinajstić information content (AvgIpc) is 3.12. The van der Waals surface area contributed by atoms with Crippen LogP contribution < -0.4 is 19.7 Å². The van der Waals surface area contributed by atoms with Crippen molar-refractivity contribution in [3.05, 3.63) is 60.2 Å². The molecule has 0 radical (unpaired) electrons. The van der Waals surface area contributed by atoms with E-state index in [9.17, 15) is 19.2 Å². The number of ether oxygens (including phenoxy) is 3. The lowest BCUT2D eigenvalue weighted by molar-refractivity contribution is -0.122. The summed E-state index contributed by atoms with van der Waals surface area (Å²) < 4.78 is 15.4. The Morgan fingerprint density at radius 1 is 0.941 bits per heavy atom. The first kappa shape index (κ1) is 23.0. The standard InChI is InChI=1S/C25H24N2O7/c1-32-17-11-12-20(21(13-17)33-2)26-22(28)14-34-25(31)15-7-9-16(10-8-15)27-23(29)18-5-3-4-6-19(18)24(27)30/h3-4,7-13,18-19H,5-6,14H2,1-2H3,(H,26,28)/t18-,19+. The molecule has 1 aliphatic heterocycles. The second kappa shape index (κ2) is 9.78. The fourth-order valence-electron chi connectivity index (χ4n) is 4.10. The van der Waals surface area contributed by atoms with Crippen molar-refractivity contribution in [1.29, 1.82) is 0 Å². The van der Waals surface area contributed by atoms with Crippen LogP contribution in [-0.4, -0.2) is 44.5 Å². The molecule has 4 rings (SSSR count). The molecule has 0 aromatic heterocycles. The molecule has 1 fully saturated rings. The molecule has 1 heterocycles. The summed E-state index contributed by atoms with van der Waals surface area (Å²) in [4.78, 5) is 51.2. The summed E-state index contributed by atoms with van der Waals surface area (Å²) in [6.45, 7) is -0.505. The first-order valence-electron chi connectivity index (χ1n) is 10.7. The number of rotatable bonds is 7. The largest absolute Gasteiger partial charge is 0.497 e. The van der Waals surface area contributed by atoms with Gasteiger partial charge in [0.25, 0.3) is 5.91 Å². The monoisotopic (exact) mass is 464 g/mol. The molecule has 2 aromatic rings. The van der Waals surface area contributed by atoms with Crippen molar-refractivity contribution in [2.24, 2.45) is 11.8 Å². The molecule has 176 valence electrons. The molecule has 1 aliphatic carbocycles. The molecule has 2 aliphatic rings. The first-order chi connectivity index (χ1) is 16.4. The van der Waals surface area contributed by atoms with Gasteiger partial charge in [-0.15, -0.1) is 0 Å². The van der Waals surface area contributed by atoms with E-state index >= 15 is 0 Å². The van der Waals surface area contributed by atoms with E-state index < -0.39 is 18.5 Å². The molecule has 34 heavy (non-hydrogen) atoms. The lowest BCUT2D eigenvalue weighted by Crippen LogP contribution is -2.30. The van der Waals surface area contributed by atoms with Gasteiger partial charge in [0.05, 0.1) is 43.0 Å². The molecule has 0 bridgehead atoms. The zero-order valence-corrected chi connectivity index (χ0v) is 18.8. The molecular formula is C25H24N2O7. The van der Waals surface area contributed by atoms with Crippen molar-refractivity contribution in [2.45, 2.75) is 12.8 Å². The second-order valence-electron chi connectivity index (χ2n) is 7.91. The van der Waals surface area contributed by atoms with Crippen LogP contribution in [0.25, 0.3) is 0 Å². The number of fused-ring (bicyclic) bond motifs is 1. The summed E-state index contributed by atoms with van der Waals surface area (Å²) in [7, 11) is 2.98. The SMILES string of the molecule is COc1ccc(NC(=O)COC(=O)c2ccc(N3C(=O)[C@H]4CC=CC[C@H]4C3=O)cc2)c(OC)c1. The number of hydrogen-bond donors (Lipinski definition) is 1. The maximum atomic E-state index is 12.7. The van der Waals surface area contributed by atoms with Crippen molar-refractivity contribution in [1.82, 2.24) is 0 Å². The van der Waals surface area contributed by atoms with Gasteiger partial charge in [0.1, 0.15) is 11.5 Å². The Morgan fingerprint density at radius 2 is 1.59 bits per heavy atom. The third-order valence-electron chi connectivity index (χ3n) is 5.89. The van der Waals surface area contributed by atoms with E-state index in [1.54, 1.807) is 18.2 Å². The number of hydrogen-bond acceptors (Lipinski definition) is 7. The van der Waals surface area contributed by atoms with E-state index in [4.69, 9.17) is 14.2 Å². The predicted molar refractivity (Wildman–Crippen MR) is 123 cm³/mol. The average molecular weight is 464 g/mol. The Hall–Kier alpha value is -4.14. The highest BCUT2D eigenvalue weighted by Gasteiger charge is 2.47. The van der Waals surface area contributed by atoms with Crippen LogP contribution >= 0.6 is 0 Å². The molecule has 2 atom stereocenters. The zero-order chi connectivity index (χ0) is 24.2. The van der Waals surface area contributed by atoms with Crippen LogP contribution in [-0.2, 0) is 19.1 Å². The Labute approximate surface area is 196 Å². The second-order valence-corrected chi connectivity index (χ2v) is 7.91. The summed E-state index contributed by atoms with van der Waals surface area (Å²) in [5.41, 5.74) is 1.01. The number of nitrogens with zero attached hydrogens (tertiary/aromatic N) is 1. The predicted octanol–water partition coefficient (Wildman–Crippen LogP) is 2.95. The number of nitrogens with one attached hydrogen (secondary N) is 1. The molecule has 9 heteroatoms. The summed E-state index contributed by atoms with van der Waals surface area (Å²) in [6, 6.07) is 10.9. The first-order valence-corrected chi connectivity index (χ1v) is 10.7. The van der Waals surface area contributed by atoms with E-state index in [2.05, 4.69) is 5.32 Å². The van der Waals surface area contributed by atoms with E-state index in [1.165, 1.54) is 43.4 Å². The van der Waals surface area contributed by atoms with Crippen molar-refractivity contribution < 1.29 is 33.4 Å². The molecule has 3 amide bonds. The normalized spacial score (nSPS) is 18.9. The number of carbonyl (C=O) groups is 4. The number of amides is 3. The lowest BCUT2D eigenvalue weighted by atomic mass is 9.85. The Kier molecular flexibility index (Phi) is 6.62. The number of anilines is 2. The van der Waals surface area contributed by atoms with Crippen LogP contribution in [0.4, 0.5) is 11.4 Å². The van der Waals surface area contributed by atoms with Crippen molar-refractivity contribution in [3.8, 4) is 11.5 Å². The number of allylic oxidation sites excluding steroid dienone is 2. The molecule has 0 spiro atoms. The van der Waals surface area contributed by atoms with Gasteiger partial charge in [-0.2, -0.15) is 0 Å². The van der Waals surface area contributed by atoms with E-state index in [0.29, 0.717) is 35.7 Å². The van der Waals surface area contributed by atoms with Crippen molar-refractivity contribution in [2.75, 3.05) is 31.0 Å². The smallest absolute Gasteiger partial charge is 0.338 e. The van der Waals surface area contributed by atoms with Crippen LogP contribution in [0, 0.1) is 11.8 Å². The Balaban J connectivity index is 1.35. The molecule has 0 unspecified atom stereocenters. The molecule has 9 nitrogen and oxygen atoms in total. The van der Waals surface area contributed by atoms with Crippen molar-refractivity contribution >= 4 is 35.1 Å². The number of imide groups is 1. The quantitative estimate of drug-likeness (QED) is 0.381. The highest BCUT2D eigenvalue weighted by Crippen LogP contribution is 2.37.